The maximum atomic E-state index is 11.8. The summed E-state index contributed by atoms with van der Waals surface area (Å²) < 4.78 is 0. The molecule has 0 saturated heterocycles. The minimum atomic E-state index is -0.0285. The number of benzene rings is 2. The average Bonchev–Trinajstić information content (AvgIpc) is 2.49. The Morgan fingerprint density at radius 3 is 2.60 bits per heavy atom. The van der Waals surface area contributed by atoms with Crippen molar-refractivity contribution < 1.29 is 4.79 Å². The summed E-state index contributed by atoms with van der Waals surface area (Å²) in [6, 6.07) is 17.9. The van der Waals surface area contributed by atoms with Crippen LogP contribution in [0.15, 0.2) is 54.6 Å². The number of anilines is 1. The highest BCUT2D eigenvalue weighted by Gasteiger charge is 2.04. The number of amides is 1. The summed E-state index contributed by atoms with van der Waals surface area (Å²) in [5.74, 6) is -0.0285. The van der Waals surface area contributed by atoms with Crippen LogP contribution in [0, 0.1) is 0 Å². The molecule has 0 heterocycles. The first-order chi connectivity index (χ1) is 9.79. The molecule has 0 aromatic heterocycles. The van der Waals surface area contributed by atoms with Crippen LogP contribution in [0.4, 0.5) is 5.69 Å². The molecule has 3 heteroatoms. The fraction of sp³-hybridized carbons (Fsp3) is 0.235. The van der Waals surface area contributed by atoms with Crippen molar-refractivity contribution in [2.24, 2.45) is 0 Å². The fourth-order valence-corrected chi connectivity index (χ4v) is 2.03. The molecule has 0 atom stereocenters. The smallest absolute Gasteiger partial charge is 0.251 e. The predicted octanol–water partition coefficient (Wildman–Crippen LogP) is 3.09. The molecule has 0 aliphatic heterocycles. The topological polar surface area (TPSA) is 41.1 Å². The van der Waals surface area contributed by atoms with Gasteiger partial charge in [-0.3, -0.25) is 4.79 Å². The van der Waals surface area contributed by atoms with E-state index in [0.717, 1.165) is 18.7 Å². The number of carbonyl (C=O) groups is 1. The van der Waals surface area contributed by atoms with Gasteiger partial charge >= 0.3 is 0 Å². The highest BCUT2D eigenvalue weighted by Crippen LogP contribution is 2.11. The summed E-state index contributed by atoms with van der Waals surface area (Å²) in [5, 5.41) is 6.15. The van der Waals surface area contributed by atoms with Gasteiger partial charge in [-0.2, -0.15) is 0 Å². The molecule has 0 spiro atoms. The zero-order chi connectivity index (χ0) is 14.2. The highest BCUT2D eigenvalue weighted by molar-refractivity contribution is 5.95. The van der Waals surface area contributed by atoms with Crippen LogP contribution < -0.4 is 10.6 Å². The van der Waals surface area contributed by atoms with Gasteiger partial charge in [0.1, 0.15) is 0 Å². The Labute approximate surface area is 120 Å². The minimum Gasteiger partial charge on any atom is -0.385 e. The predicted molar refractivity (Wildman–Crippen MR) is 83.1 cm³/mol. The first kappa shape index (κ1) is 14.1. The summed E-state index contributed by atoms with van der Waals surface area (Å²) >= 11 is 0. The summed E-state index contributed by atoms with van der Waals surface area (Å²) in [5.41, 5.74) is 2.97. The van der Waals surface area contributed by atoms with Crippen LogP contribution in [0.25, 0.3) is 0 Å². The molecule has 0 fully saturated rings. The Hall–Kier alpha value is -2.29. The molecular formula is C17H20N2O. The third-order valence-electron chi connectivity index (χ3n) is 3.05. The quantitative estimate of drug-likeness (QED) is 0.845. The van der Waals surface area contributed by atoms with Crippen molar-refractivity contribution in [2.75, 3.05) is 18.4 Å². The molecule has 2 aromatic rings. The van der Waals surface area contributed by atoms with Gasteiger partial charge in [0, 0.05) is 24.3 Å². The normalized spacial score (nSPS) is 10.1. The van der Waals surface area contributed by atoms with Gasteiger partial charge in [-0.15, -0.1) is 0 Å². The largest absolute Gasteiger partial charge is 0.385 e. The summed E-state index contributed by atoms with van der Waals surface area (Å²) in [6.07, 6.45) is 0.965. The standard InChI is InChI=1S/C17H20N2O/c1-2-18-17(20)15-9-6-10-16(13-15)19-12-11-14-7-4-3-5-8-14/h3-10,13,19H,2,11-12H2,1H3,(H,18,20). The molecule has 1 amide bonds. The van der Waals surface area contributed by atoms with Gasteiger partial charge in [0.2, 0.25) is 0 Å². The van der Waals surface area contributed by atoms with Crippen molar-refractivity contribution in [1.29, 1.82) is 0 Å². The van der Waals surface area contributed by atoms with Crippen molar-refractivity contribution >= 4 is 11.6 Å². The molecule has 3 nitrogen and oxygen atoms in total. The van der Waals surface area contributed by atoms with Crippen LogP contribution in [0.3, 0.4) is 0 Å². The van der Waals surface area contributed by atoms with Gasteiger partial charge in [-0.05, 0) is 37.1 Å². The van der Waals surface area contributed by atoms with Gasteiger partial charge < -0.3 is 10.6 Å². The SMILES string of the molecule is CCNC(=O)c1cccc(NCCc2ccccc2)c1. The van der Waals surface area contributed by atoms with Gasteiger partial charge in [0.05, 0.1) is 0 Å². The Morgan fingerprint density at radius 2 is 1.85 bits per heavy atom. The van der Waals surface area contributed by atoms with Crippen molar-refractivity contribution in [3.05, 3.63) is 65.7 Å². The van der Waals surface area contributed by atoms with Crippen LogP contribution in [0.2, 0.25) is 0 Å². The van der Waals surface area contributed by atoms with E-state index in [1.165, 1.54) is 5.56 Å². The zero-order valence-electron chi connectivity index (χ0n) is 11.7. The van der Waals surface area contributed by atoms with E-state index in [0.29, 0.717) is 12.1 Å². The highest BCUT2D eigenvalue weighted by atomic mass is 16.1. The molecule has 0 aliphatic rings. The van der Waals surface area contributed by atoms with E-state index < -0.39 is 0 Å². The van der Waals surface area contributed by atoms with E-state index in [1.807, 2.05) is 49.4 Å². The van der Waals surface area contributed by atoms with Crippen molar-refractivity contribution in [3.63, 3.8) is 0 Å². The lowest BCUT2D eigenvalue weighted by Gasteiger charge is -2.08. The summed E-state index contributed by atoms with van der Waals surface area (Å²) in [7, 11) is 0. The van der Waals surface area contributed by atoms with Gasteiger partial charge in [0.25, 0.3) is 5.91 Å². The molecule has 0 saturated carbocycles. The maximum absolute atomic E-state index is 11.8. The van der Waals surface area contributed by atoms with Gasteiger partial charge in [0.15, 0.2) is 0 Å². The van der Waals surface area contributed by atoms with E-state index in [2.05, 4.69) is 22.8 Å². The molecule has 104 valence electrons. The number of rotatable bonds is 6. The lowest BCUT2D eigenvalue weighted by molar-refractivity contribution is 0.0956. The third kappa shape index (κ3) is 4.12. The van der Waals surface area contributed by atoms with Crippen molar-refractivity contribution in [2.45, 2.75) is 13.3 Å². The Morgan fingerprint density at radius 1 is 1.05 bits per heavy atom. The van der Waals surface area contributed by atoms with Gasteiger partial charge in [-0.25, -0.2) is 0 Å². The molecule has 20 heavy (non-hydrogen) atoms. The first-order valence-corrected chi connectivity index (χ1v) is 6.95. The van der Waals surface area contributed by atoms with E-state index >= 15 is 0 Å². The first-order valence-electron chi connectivity index (χ1n) is 6.95. The average molecular weight is 268 g/mol. The second-order valence-corrected chi connectivity index (χ2v) is 4.60. The zero-order valence-corrected chi connectivity index (χ0v) is 11.7. The molecule has 2 aromatic carbocycles. The van der Waals surface area contributed by atoms with Crippen molar-refractivity contribution in [3.8, 4) is 0 Å². The molecule has 0 unspecified atom stereocenters. The van der Waals surface area contributed by atoms with E-state index in [4.69, 9.17) is 0 Å². The number of hydrogen-bond donors (Lipinski definition) is 2. The fourth-order valence-electron chi connectivity index (χ4n) is 2.03. The lowest BCUT2D eigenvalue weighted by atomic mass is 10.1. The van der Waals surface area contributed by atoms with Crippen LogP contribution in [0.1, 0.15) is 22.8 Å². The summed E-state index contributed by atoms with van der Waals surface area (Å²) in [6.45, 7) is 3.41. The molecule has 0 radical (unpaired) electrons. The number of hydrogen-bond acceptors (Lipinski definition) is 2. The van der Waals surface area contributed by atoms with Crippen LogP contribution in [-0.2, 0) is 6.42 Å². The third-order valence-corrected chi connectivity index (χ3v) is 3.05. The molecule has 0 bridgehead atoms. The second-order valence-electron chi connectivity index (χ2n) is 4.60. The van der Waals surface area contributed by atoms with Crippen LogP contribution in [0.5, 0.6) is 0 Å². The second kappa shape index (κ2) is 7.34. The van der Waals surface area contributed by atoms with E-state index in [1.54, 1.807) is 0 Å². The number of nitrogens with one attached hydrogen (secondary N) is 2. The van der Waals surface area contributed by atoms with Gasteiger partial charge in [-0.1, -0.05) is 36.4 Å². The Balaban J connectivity index is 1.90. The monoisotopic (exact) mass is 268 g/mol. The van der Waals surface area contributed by atoms with Crippen LogP contribution >= 0.6 is 0 Å². The lowest BCUT2D eigenvalue weighted by Crippen LogP contribution is -2.22. The number of carbonyl (C=O) groups excluding carboxylic acids is 1. The molecule has 2 rings (SSSR count). The minimum absolute atomic E-state index is 0.0285. The van der Waals surface area contributed by atoms with Crippen molar-refractivity contribution in [1.82, 2.24) is 5.32 Å². The molecule has 0 aliphatic carbocycles. The van der Waals surface area contributed by atoms with E-state index in [9.17, 15) is 4.79 Å². The van der Waals surface area contributed by atoms with E-state index in [-0.39, 0.29) is 5.91 Å². The molecular weight excluding hydrogens is 248 g/mol. The summed E-state index contributed by atoms with van der Waals surface area (Å²) in [4.78, 5) is 11.8. The maximum Gasteiger partial charge on any atom is 0.251 e. The Kier molecular flexibility index (Phi) is 5.18. The Bertz CT molecular complexity index is 552. The molecule has 2 N–H and O–H groups in total. The van der Waals surface area contributed by atoms with Crippen LogP contribution in [-0.4, -0.2) is 19.0 Å².